The standard InChI is InChI=1S/C19H26N4O2/c24-18-12-16-6-7-17(13-20-18)23(16)14-19(25)22-10-8-21(9-11-22)15-4-2-1-3-5-15/h1-5,16-17H,6-14H2,(H,20,24)/t16-,17+/m0/s1. The van der Waals surface area contributed by atoms with Gasteiger partial charge in [0.2, 0.25) is 11.8 Å². The van der Waals surface area contributed by atoms with E-state index < -0.39 is 0 Å². The smallest absolute Gasteiger partial charge is 0.236 e. The molecule has 2 atom stereocenters. The van der Waals surface area contributed by atoms with Gasteiger partial charge in [-0.15, -0.1) is 0 Å². The van der Waals surface area contributed by atoms with Crippen LogP contribution >= 0.6 is 0 Å². The molecule has 3 aliphatic heterocycles. The Balaban J connectivity index is 1.33. The molecule has 0 aromatic heterocycles. The molecule has 3 saturated heterocycles. The Morgan fingerprint density at radius 1 is 1.04 bits per heavy atom. The first-order valence-electron chi connectivity index (χ1n) is 9.31. The lowest BCUT2D eigenvalue weighted by Crippen LogP contribution is -2.52. The van der Waals surface area contributed by atoms with E-state index in [4.69, 9.17) is 0 Å². The van der Waals surface area contributed by atoms with Gasteiger partial charge in [0.1, 0.15) is 0 Å². The van der Waals surface area contributed by atoms with E-state index in [2.05, 4.69) is 39.4 Å². The third-order valence-electron chi connectivity index (χ3n) is 5.80. The number of rotatable bonds is 3. The topological polar surface area (TPSA) is 55.9 Å². The van der Waals surface area contributed by atoms with Gasteiger partial charge in [0.15, 0.2) is 0 Å². The minimum atomic E-state index is 0.126. The summed E-state index contributed by atoms with van der Waals surface area (Å²) in [6.07, 6.45) is 2.65. The average molecular weight is 342 g/mol. The maximum absolute atomic E-state index is 12.8. The highest BCUT2D eigenvalue weighted by molar-refractivity contribution is 5.80. The molecule has 134 valence electrons. The van der Waals surface area contributed by atoms with E-state index in [1.807, 2.05) is 11.0 Å². The summed E-state index contributed by atoms with van der Waals surface area (Å²) in [5.74, 6) is 0.333. The van der Waals surface area contributed by atoms with Crippen molar-refractivity contribution in [1.29, 1.82) is 0 Å². The monoisotopic (exact) mass is 342 g/mol. The molecule has 2 bridgehead atoms. The van der Waals surface area contributed by atoms with Crippen molar-refractivity contribution in [2.24, 2.45) is 0 Å². The molecule has 3 fully saturated rings. The SMILES string of the molecule is O=C1C[C@@H]2CC[C@H](CN1)N2CC(=O)N1CCN(c2ccccc2)CC1. The minimum Gasteiger partial charge on any atom is -0.368 e. The molecule has 0 radical (unpaired) electrons. The van der Waals surface area contributed by atoms with Gasteiger partial charge in [-0.1, -0.05) is 18.2 Å². The first-order chi connectivity index (χ1) is 12.2. The largest absolute Gasteiger partial charge is 0.368 e. The third-order valence-corrected chi connectivity index (χ3v) is 5.80. The number of anilines is 1. The quantitative estimate of drug-likeness (QED) is 0.878. The number of nitrogens with zero attached hydrogens (tertiary/aromatic N) is 3. The molecule has 0 spiro atoms. The van der Waals surface area contributed by atoms with E-state index in [0.717, 1.165) is 39.0 Å². The van der Waals surface area contributed by atoms with Gasteiger partial charge in [-0.3, -0.25) is 14.5 Å². The summed E-state index contributed by atoms with van der Waals surface area (Å²) in [7, 11) is 0. The number of nitrogens with one attached hydrogen (secondary N) is 1. The summed E-state index contributed by atoms with van der Waals surface area (Å²) in [5.41, 5.74) is 1.23. The van der Waals surface area contributed by atoms with Crippen molar-refractivity contribution in [3.63, 3.8) is 0 Å². The van der Waals surface area contributed by atoms with Crippen LogP contribution in [0.1, 0.15) is 19.3 Å². The molecular weight excluding hydrogens is 316 g/mol. The predicted molar refractivity (Wildman–Crippen MR) is 96.4 cm³/mol. The van der Waals surface area contributed by atoms with Crippen molar-refractivity contribution in [3.8, 4) is 0 Å². The summed E-state index contributed by atoms with van der Waals surface area (Å²) in [4.78, 5) is 31.1. The molecule has 4 rings (SSSR count). The Morgan fingerprint density at radius 2 is 1.76 bits per heavy atom. The van der Waals surface area contributed by atoms with Gasteiger partial charge in [-0.05, 0) is 25.0 Å². The molecule has 2 amide bonds. The van der Waals surface area contributed by atoms with Crippen LogP contribution < -0.4 is 10.2 Å². The number of piperazine rings is 1. The second kappa shape index (κ2) is 7.04. The number of amides is 2. The summed E-state index contributed by atoms with van der Waals surface area (Å²) in [6.45, 7) is 4.44. The second-order valence-corrected chi connectivity index (χ2v) is 7.27. The molecule has 6 heteroatoms. The van der Waals surface area contributed by atoms with Crippen LogP contribution in [0.15, 0.2) is 30.3 Å². The van der Waals surface area contributed by atoms with E-state index in [1.54, 1.807) is 0 Å². The van der Waals surface area contributed by atoms with Crippen LogP contribution in [0.5, 0.6) is 0 Å². The van der Waals surface area contributed by atoms with Crippen LogP contribution in [-0.4, -0.2) is 73.0 Å². The lowest BCUT2D eigenvalue weighted by molar-refractivity contribution is -0.133. The van der Waals surface area contributed by atoms with Crippen LogP contribution in [0.4, 0.5) is 5.69 Å². The second-order valence-electron chi connectivity index (χ2n) is 7.27. The first-order valence-corrected chi connectivity index (χ1v) is 9.31. The molecular formula is C19H26N4O2. The van der Waals surface area contributed by atoms with Crippen LogP contribution in [-0.2, 0) is 9.59 Å². The highest BCUT2D eigenvalue weighted by Crippen LogP contribution is 2.28. The van der Waals surface area contributed by atoms with Crippen molar-refractivity contribution in [2.45, 2.75) is 31.3 Å². The fraction of sp³-hybridized carbons (Fsp3) is 0.579. The maximum atomic E-state index is 12.8. The molecule has 0 unspecified atom stereocenters. The zero-order valence-corrected chi connectivity index (χ0v) is 14.6. The zero-order valence-electron chi connectivity index (χ0n) is 14.6. The van der Waals surface area contributed by atoms with Gasteiger partial charge < -0.3 is 15.1 Å². The van der Waals surface area contributed by atoms with Crippen molar-refractivity contribution in [2.75, 3.05) is 44.2 Å². The molecule has 0 aliphatic carbocycles. The van der Waals surface area contributed by atoms with E-state index in [9.17, 15) is 9.59 Å². The van der Waals surface area contributed by atoms with Crippen molar-refractivity contribution in [1.82, 2.24) is 15.1 Å². The van der Waals surface area contributed by atoms with Crippen molar-refractivity contribution < 1.29 is 9.59 Å². The predicted octanol–water partition coefficient (Wildman–Crippen LogP) is 0.688. The van der Waals surface area contributed by atoms with Crippen LogP contribution in [0.25, 0.3) is 0 Å². The van der Waals surface area contributed by atoms with Gasteiger partial charge in [0.05, 0.1) is 6.54 Å². The molecule has 0 saturated carbocycles. The Kier molecular flexibility index (Phi) is 4.61. The summed E-state index contributed by atoms with van der Waals surface area (Å²) in [5, 5.41) is 2.97. The van der Waals surface area contributed by atoms with E-state index >= 15 is 0 Å². The van der Waals surface area contributed by atoms with Gasteiger partial charge in [0, 0.05) is 56.9 Å². The number of fused-ring (bicyclic) bond motifs is 2. The highest BCUT2D eigenvalue weighted by Gasteiger charge is 2.39. The van der Waals surface area contributed by atoms with Gasteiger partial charge in [0.25, 0.3) is 0 Å². The average Bonchev–Trinajstić information content (AvgIpc) is 2.93. The van der Waals surface area contributed by atoms with E-state index in [-0.39, 0.29) is 17.9 Å². The third kappa shape index (κ3) is 3.49. The Labute approximate surface area is 148 Å². The number of para-hydroxylation sites is 1. The molecule has 25 heavy (non-hydrogen) atoms. The maximum Gasteiger partial charge on any atom is 0.236 e. The van der Waals surface area contributed by atoms with E-state index in [1.165, 1.54) is 5.69 Å². The van der Waals surface area contributed by atoms with Crippen LogP contribution in [0.2, 0.25) is 0 Å². The lowest BCUT2D eigenvalue weighted by Gasteiger charge is -2.37. The molecule has 1 aromatic rings. The number of carbonyl (C=O) groups is 2. The number of carbonyl (C=O) groups excluding carboxylic acids is 2. The first kappa shape index (κ1) is 16.4. The fourth-order valence-electron chi connectivity index (χ4n) is 4.34. The Morgan fingerprint density at radius 3 is 2.52 bits per heavy atom. The van der Waals surface area contributed by atoms with Crippen LogP contribution in [0.3, 0.4) is 0 Å². The van der Waals surface area contributed by atoms with Gasteiger partial charge >= 0.3 is 0 Å². The number of benzene rings is 1. The molecule has 1 N–H and O–H groups in total. The molecule has 1 aromatic carbocycles. The van der Waals surface area contributed by atoms with Gasteiger partial charge in [-0.25, -0.2) is 0 Å². The highest BCUT2D eigenvalue weighted by atomic mass is 16.2. The van der Waals surface area contributed by atoms with Crippen molar-refractivity contribution >= 4 is 17.5 Å². The summed E-state index contributed by atoms with van der Waals surface area (Å²) >= 11 is 0. The molecule has 3 heterocycles. The fourth-order valence-corrected chi connectivity index (χ4v) is 4.34. The minimum absolute atomic E-state index is 0.126. The molecule has 6 nitrogen and oxygen atoms in total. The lowest BCUT2D eigenvalue weighted by atomic mass is 10.1. The zero-order chi connectivity index (χ0) is 17.2. The van der Waals surface area contributed by atoms with Gasteiger partial charge in [-0.2, -0.15) is 0 Å². The Hall–Kier alpha value is -2.08. The van der Waals surface area contributed by atoms with Crippen LogP contribution in [0, 0.1) is 0 Å². The normalized spacial score (nSPS) is 27.1. The Bertz CT molecular complexity index is 628. The summed E-state index contributed by atoms with van der Waals surface area (Å²) < 4.78 is 0. The molecule has 3 aliphatic rings. The van der Waals surface area contributed by atoms with E-state index in [0.29, 0.717) is 25.6 Å². The number of hydrogen-bond donors (Lipinski definition) is 1. The van der Waals surface area contributed by atoms with Crippen molar-refractivity contribution in [3.05, 3.63) is 30.3 Å². The summed E-state index contributed by atoms with van der Waals surface area (Å²) in [6, 6.07) is 10.9. The number of hydrogen-bond acceptors (Lipinski definition) is 4.